The molecule has 0 spiro atoms. The minimum Gasteiger partial charge on any atom is -0.493 e. The molecular weight excluding hydrogens is 264 g/mol. The number of halogens is 1. The Labute approximate surface area is 116 Å². The lowest BCUT2D eigenvalue weighted by Crippen LogP contribution is -2.17. The Hall–Kier alpha value is -1.74. The highest BCUT2D eigenvalue weighted by Crippen LogP contribution is 2.36. The van der Waals surface area contributed by atoms with Gasteiger partial charge in [-0.1, -0.05) is 18.2 Å². The zero-order valence-electron chi connectivity index (χ0n) is 10.3. The quantitative estimate of drug-likeness (QED) is 0.793. The molecule has 1 aromatic heterocycles. The van der Waals surface area contributed by atoms with Gasteiger partial charge in [-0.05, 0) is 47.7 Å². The van der Waals surface area contributed by atoms with Crippen LogP contribution in [0.5, 0.6) is 5.75 Å². The minimum absolute atomic E-state index is 0.0198. The molecule has 2 aromatic rings. The number of carbonyl (C=O) groups excluding carboxylic acids is 1. The van der Waals surface area contributed by atoms with Crippen molar-refractivity contribution in [1.82, 2.24) is 0 Å². The van der Waals surface area contributed by atoms with Crippen molar-refractivity contribution in [2.75, 3.05) is 6.61 Å². The van der Waals surface area contributed by atoms with E-state index in [1.807, 2.05) is 24.3 Å². The number of para-hydroxylation sites is 1. The second-order valence-electron chi connectivity index (χ2n) is 4.60. The topological polar surface area (TPSA) is 39.4 Å². The number of benzene rings is 1. The maximum atomic E-state index is 12.1. The van der Waals surface area contributed by atoms with Gasteiger partial charge in [0.15, 0.2) is 16.8 Å². The Morgan fingerprint density at radius 2 is 2.11 bits per heavy atom. The Kier molecular flexibility index (Phi) is 3.30. The van der Waals surface area contributed by atoms with E-state index in [-0.39, 0.29) is 16.9 Å². The van der Waals surface area contributed by atoms with Crippen LogP contribution in [0.15, 0.2) is 40.8 Å². The van der Waals surface area contributed by atoms with Gasteiger partial charge in [0.2, 0.25) is 0 Å². The molecule has 0 N–H and O–H groups in total. The molecule has 1 unspecified atom stereocenters. The van der Waals surface area contributed by atoms with Crippen molar-refractivity contribution in [2.45, 2.75) is 18.8 Å². The monoisotopic (exact) mass is 276 g/mol. The summed E-state index contributed by atoms with van der Waals surface area (Å²) in [6.45, 7) is 0.647. The molecule has 0 saturated carbocycles. The third-order valence-electron chi connectivity index (χ3n) is 3.36. The van der Waals surface area contributed by atoms with E-state index in [4.69, 9.17) is 20.8 Å². The first-order valence-electron chi connectivity index (χ1n) is 6.24. The van der Waals surface area contributed by atoms with Crippen molar-refractivity contribution >= 4 is 17.4 Å². The Bertz CT molecular complexity index is 603. The molecule has 1 atom stereocenters. The Morgan fingerprint density at radius 3 is 2.89 bits per heavy atom. The summed E-state index contributed by atoms with van der Waals surface area (Å²) in [5.41, 5.74) is 1.10. The van der Waals surface area contributed by atoms with Crippen LogP contribution < -0.4 is 4.74 Å². The highest BCUT2D eigenvalue weighted by molar-refractivity contribution is 6.29. The molecule has 3 nitrogen and oxygen atoms in total. The second-order valence-corrected chi connectivity index (χ2v) is 4.98. The predicted molar refractivity (Wildman–Crippen MR) is 72.0 cm³/mol. The summed E-state index contributed by atoms with van der Waals surface area (Å²) >= 11 is 5.69. The van der Waals surface area contributed by atoms with Gasteiger partial charge in [0.25, 0.3) is 0 Å². The number of ether oxygens (including phenoxy) is 1. The average Bonchev–Trinajstić information content (AvgIpc) is 2.86. The van der Waals surface area contributed by atoms with Gasteiger partial charge in [-0.2, -0.15) is 0 Å². The number of furan rings is 1. The average molecular weight is 277 g/mol. The molecular formula is C15H13ClO3. The summed E-state index contributed by atoms with van der Waals surface area (Å²) in [6, 6.07) is 11.1. The van der Waals surface area contributed by atoms with Gasteiger partial charge in [0, 0.05) is 6.42 Å². The number of hydrogen-bond donors (Lipinski definition) is 0. The normalized spacial score (nSPS) is 17.6. The first kappa shape index (κ1) is 12.3. The van der Waals surface area contributed by atoms with E-state index in [2.05, 4.69) is 0 Å². The lowest BCUT2D eigenvalue weighted by atomic mass is 9.88. The number of Topliss-reactive ketones (excluding diaryl/α,β-unsaturated/α-hetero) is 1. The van der Waals surface area contributed by atoms with E-state index >= 15 is 0 Å². The molecule has 1 aliphatic heterocycles. The summed E-state index contributed by atoms with van der Waals surface area (Å²) < 4.78 is 10.7. The number of carbonyl (C=O) groups is 1. The number of hydrogen-bond acceptors (Lipinski definition) is 3. The van der Waals surface area contributed by atoms with Gasteiger partial charge in [-0.15, -0.1) is 0 Å². The molecule has 19 heavy (non-hydrogen) atoms. The van der Waals surface area contributed by atoms with Crippen LogP contribution in [0.4, 0.5) is 0 Å². The fourth-order valence-corrected chi connectivity index (χ4v) is 2.56. The van der Waals surface area contributed by atoms with E-state index in [0.29, 0.717) is 18.8 Å². The largest absolute Gasteiger partial charge is 0.493 e. The summed E-state index contributed by atoms with van der Waals surface area (Å²) in [4.78, 5) is 12.1. The summed E-state index contributed by atoms with van der Waals surface area (Å²) in [5, 5.41) is 0.246. The Morgan fingerprint density at radius 1 is 1.26 bits per heavy atom. The predicted octanol–water partition coefficient (Wildman–Crippen LogP) is 4.07. The van der Waals surface area contributed by atoms with E-state index in [0.717, 1.165) is 17.7 Å². The third-order valence-corrected chi connectivity index (χ3v) is 3.57. The number of rotatable bonds is 3. The zero-order chi connectivity index (χ0) is 13.2. The molecule has 0 saturated heterocycles. The smallest absolute Gasteiger partial charge is 0.198 e. The molecule has 0 bridgehead atoms. The standard InChI is InChI=1S/C15H13ClO3/c16-15-6-5-14(19-15)12(17)9-10-7-8-18-13-4-2-1-3-11(10)13/h1-6,10H,7-9H2. The number of fused-ring (bicyclic) bond motifs is 1. The molecule has 1 aromatic carbocycles. The molecule has 0 radical (unpaired) electrons. The SMILES string of the molecule is O=C(CC1CCOc2ccccc21)c1ccc(Cl)o1. The molecule has 1 aliphatic rings. The minimum atomic E-state index is -0.0198. The van der Waals surface area contributed by atoms with Crippen LogP contribution in [-0.4, -0.2) is 12.4 Å². The van der Waals surface area contributed by atoms with Crippen LogP contribution in [0.1, 0.15) is 34.9 Å². The highest BCUT2D eigenvalue weighted by atomic mass is 35.5. The molecule has 3 rings (SSSR count). The van der Waals surface area contributed by atoms with E-state index in [9.17, 15) is 4.79 Å². The summed E-state index contributed by atoms with van der Waals surface area (Å²) in [5.74, 6) is 1.37. The maximum absolute atomic E-state index is 12.1. The lowest BCUT2D eigenvalue weighted by Gasteiger charge is -2.25. The van der Waals surface area contributed by atoms with Crippen LogP contribution in [0, 0.1) is 0 Å². The van der Waals surface area contributed by atoms with Crippen LogP contribution >= 0.6 is 11.6 Å². The van der Waals surface area contributed by atoms with Crippen LogP contribution in [0.2, 0.25) is 5.22 Å². The highest BCUT2D eigenvalue weighted by Gasteiger charge is 2.25. The fourth-order valence-electron chi connectivity index (χ4n) is 2.42. The Balaban J connectivity index is 1.79. The van der Waals surface area contributed by atoms with Gasteiger partial charge >= 0.3 is 0 Å². The van der Waals surface area contributed by atoms with Crippen molar-refractivity contribution < 1.29 is 13.9 Å². The third kappa shape index (κ3) is 2.51. The molecule has 2 heterocycles. The summed E-state index contributed by atoms with van der Waals surface area (Å²) in [7, 11) is 0. The van der Waals surface area contributed by atoms with Crippen LogP contribution in [0.25, 0.3) is 0 Å². The van der Waals surface area contributed by atoms with Gasteiger partial charge < -0.3 is 9.15 Å². The van der Waals surface area contributed by atoms with Gasteiger partial charge in [0.1, 0.15) is 5.75 Å². The lowest BCUT2D eigenvalue weighted by molar-refractivity contribution is 0.0939. The zero-order valence-corrected chi connectivity index (χ0v) is 11.0. The van der Waals surface area contributed by atoms with E-state index in [1.165, 1.54) is 0 Å². The van der Waals surface area contributed by atoms with E-state index < -0.39 is 0 Å². The first-order chi connectivity index (χ1) is 9.24. The molecule has 4 heteroatoms. The molecule has 0 fully saturated rings. The van der Waals surface area contributed by atoms with E-state index in [1.54, 1.807) is 12.1 Å². The van der Waals surface area contributed by atoms with Crippen molar-refractivity contribution in [3.8, 4) is 5.75 Å². The van der Waals surface area contributed by atoms with Crippen molar-refractivity contribution in [3.05, 3.63) is 52.9 Å². The first-order valence-corrected chi connectivity index (χ1v) is 6.62. The van der Waals surface area contributed by atoms with Crippen LogP contribution in [0.3, 0.4) is 0 Å². The summed E-state index contributed by atoms with van der Waals surface area (Å²) in [6.07, 6.45) is 1.27. The van der Waals surface area contributed by atoms with Gasteiger partial charge in [-0.3, -0.25) is 4.79 Å². The molecule has 98 valence electrons. The van der Waals surface area contributed by atoms with Crippen molar-refractivity contribution in [2.24, 2.45) is 0 Å². The fraction of sp³-hybridized carbons (Fsp3) is 0.267. The van der Waals surface area contributed by atoms with Crippen molar-refractivity contribution in [1.29, 1.82) is 0 Å². The molecule has 0 aliphatic carbocycles. The van der Waals surface area contributed by atoms with Crippen LogP contribution in [-0.2, 0) is 0 Å². The second kappa shape index (κ2) is 5.10. The van der Waals surface area contributed by atoms with Gasteiger partial charge in [-0.25, -0.2) is 0 Å². The van der Waals surface area contributed by atoms with Gasteiger partial charge in [0.05, 0.1) is 6.61 Å². The number of ketones is 1. The molecule has 0 amide bonds. The maximum Gasteiger partial charge on any atom is 0.198 e. The van der Waals surface area contributed by atoms with Crippen molar-refractivity contribution in [3.63, 3.8) is 0 Å².